The Kier molecular flexibility index (Phi) is 10.4. The molecule has 270 valence electrons. The van der Waals surface area contributed by atoms with Crippen molar-refractivity contribution in [3.63, 3.8) is 0 Å². The lowest BCUT2D eigenvalue weighted by atomic mass is 10.1. The highest BCUT2D eigenvalue weighted by molar-refractivity contribution is 5.80. The molecule has 9 rings (SSSR count). The van der Waals surface area contributed by atoms with E-state index < -0.39 is 0 Å². The van der Waals surface area contributed by atoms with Crippen LogP contribution in [0.1, 0.15) is 71.5 Å². The molecule has 0 amide bonds. The van der Waals surface area contributed by atoms with Crippen LogP contribution < -0.4 is 11.1 Å². The Morgan fingerprint density at radius 3 is 1.91 bits per heavy atom. The van der Waals surface area contributed by atoms with Crippen LogP contribution in [0.3, 0.4) is 0 Å². The van der Waals surface area contributed by atoms with E-state index in [4.69, 9.17) is 19.8 Å². The van der Waals surface area contributed by atoms with Crippen molar-refractivity contribution in [3.8, 4) is 22.3 Å². The maximum absolute atomic E-state index is 9.57. The van der Waals surface area contributed by atoms with Crippen LogP contribution in [-0.4, -0.2) is 36.1 Å². The molecule has 3 N–H and O–H groups in total. The van der Waals surface area contributed by atoms with Gasteiger partial charge in [0, 0.05) is 59.6 Å². The highest BCUT2D eigenvalue weighted by Gasteiger charge is 2.30. The number of aryl methyl sites for hydroxylation is 4. The number of imidazole rings is 1. The van der Waals surface area contributed by atoms with Gasteiger partial charge in [0.1, 0.15) is 29.4 Å². The van der Waals surface area contributed by atoms with E-state index in [0.717, 1.165) is 93.5 Å². The SMILES string of the molecule is Cc1noc(C)c1-c1cnc(N)c(NCc2ccccc2)c1.Cc1noc(C)c1-c1cnc2nc(C3CC3)n(Cc3ccccc3)c2c1.O=CC1CC1. The number of pyridine rings is 2. The van der Waals surface area contributed by atoms with Crippen LogP contribution >= 0.6 is 0 Å². The predicted molar refractivity (Wildman–Crippen MR) is 206 cm³/mol. The molecule has 11 nitrogen and oxygen atoms in total. The standard InChI is InChI=1S/C21H20N4O.C17H18N4O.C4H6O/c1-13-19(14(2)26-24-13)17-10-18-20(22-11-17)23-21(16-8-9-16)25(18)12-15-6-4-3-5-7-15;1-11-16(12(2)22-21-11)14-8-15(17(18)20-10-14)19-9-13-6-4-3-5-7-13;5-3-4-1-2-4/h3-7,10-11,16H,8-9,12H2,1-2H3;3-8,10,19H,9H2,1-2H3,(H2,18,20);3-4H,1-2H2. The largest absolute Gasteiger partial charge is 0.382 e. The van der Waals surface area contributed by atoms with Crippen LogP contribution in [0.5, 0.6) is 0 Å². The summed E-state index contributed by atoms with van der Waals surface area (Å²) >= 11 is 0. The molecular weight excluding hydrogens is 665 g/mol. The topological polar surface area (TPSA) is 151 Å². The number of nitrogens with one attached hydrogen (secondary N) is 1. The van der Waals surface area contributed by atoms with Gasteiger partial charge in [0.05, 0.1) is 22.6 Å². The summed E-state index contributed by atoms with van der Waals surface area (Å²) in [5.74, 6) is 4.25. The van der Waals surface area contributed by atoms with Crippen molar-refractivity contribution < 1.29 is 13.8 Å². The first-order chi connectivity index (χ1) is 25.8. The average molecular weight is 709 g/mol. The Balaban J connectivity index is 0.000000147. The molecular formula is C42H44N8O3. The third kappa shape index (κ3) is 8.35. The molecule has 5 aromatic heterocycles. The zero-order valence-corrected chi connectivity index (χ0v) is 30.5. The minimum absolute atomic E-state index is 0.454. The van der Waals surface area contributed by atoms with Crippen molar-refractivity contribution in [2.24, 2.45) is 5.92 Å². The molecule has 0 radical (unpaired) electrons. The monoisotopic (exact) mass is 708 g/mol. The van der Waals surface area contributed by atoms with Gasteiger partial charge in [0.15, 0.2) is 5.65 Å². The zero-order valence-electron chi connectivity index (χ0n) is 30.5. The summed E-state index contributed by atoms with van der Waals surface area (Å²) in [5.41, 5.74) is 16.8. The number of carbonyl (C=O) groups excluding carboxylic acids is 1. The number of fused-ring (bicyclic) bond motifs is 1. The first kappa shape index (κ1) is 35.3. The molecule has 2 aromatic carbocycles. The fraction of sp³-hybridized carbons (Fsp3) is 0.286. The molecule has 0 saturated heterocycles. The molecule has 5 heterocycles. The molecule has 0 unspecified atom stereocenters. The molecule has 0 bridgehead atoms. The van der Waals surface area contributed by atoms with Crippen LogP contribution in [0.2, 0.25) is 0 Å². The van der Waals surface area contributed by atoms with Gasteiger partial charge in [-0.3, -0.25) is 0 Å². The first-order valence-electron chi connectivity index (χ1n) is 18.0. The molecule has 7 aromatic rings. The summed E-state index contributed by atoms with van der Waals surface area (Å²) < 4.78 is 12.9. The number of aldehydes is 1. The van der Waals surface area contributed by atoms with Gasteiger partial charge < -0.3 is 29.5 Å². The number of aromatic nitrogens is 6. The Morgan fingerprint density at radius 1 is 0.792 bits per heavy atom. The molecule has 2 fully saturated rings. The first-order valence-corrected chi connectivity index (χ1v) is 18.0. The number of hydrogen-bond acceptors (Lipinski definition) is 10. The lowest BCUT2D eigenvalue weighted by Gasteiger charge is -2.10. The smallest absolute Gasteiger partial charge is 0.177 e. The third-order valence-corrected chi connectivity index (χ3v) is 9.46. The summed E-state index contributed by atoms with van der Waals surface area (Å²) in [6, 6.07) is 24.8. The lowest BCUT2D eigenvalue weighted by Crippen LogP contribution is -2.04. The lowest BCUT2D eigenvalue weighted by molar-refractivity contribution is -0.108. The van der Waals surface area contributed by atoms with Gasteiger partial charge in [0.2, 0.25) is 0 Å². The van der Waals surface area contributed by atoms with Crippen LogP contribution in [0.15, 0.2) is 94.2 Å². The summed E-state index contributed by atoms with van der Waals surface area (Å²) in [5, 5.41) is 11.4. The van der Waals surface area contributed by atoms with E-state index in [1.165, 1.54) is 24.0 Å². The van der Waals surface area contributed by atoms with Gasteiger partial charge in [-0.1, -0.05) is 71.0 Å². The number of hydrogen-bond donors (Lipinski definition) is 2. The number of rotatable bonds is 9. The fourth-order valence-corrected chi connectivity index (χ4v) is 6.31. The normalized spacial score (nSPS) is 13.5. The Labute approximate surface area is 308 Å². The van der Waals surface area contributed by atoms with E-state index in [1.54, 1.807) is 6.20 Å². The van der Waals surface area contributed by atoms with Gasteiger partial charge in [0.25, 0.3) is 0 Å². The van der Waals surface area contributed by atoms with Crippen molar-refractivity contribution in [1.82, 2.24) is 29.8 Å². The zero-order chi connectivity index (χ0) is 36.9. The molecule has 0 atom stereocenters. The van der Waals surface area contributed by atoms with E-state index in [9.17, 15) is 4.79 Å². The van der Waals surface area contributed by atoms with Crippen LogP contribution in [-0.2, 0) is 17.9 Å². The van der Waals surface area contributed by atoms with Crippen molar-refractivity contribution in [2.75, 3.05) is 11.1 Å². The molecule has 53 heavy (non-hydrogen) atoms. The predicted octanol–water partition coefficient (Wildman–Crippen LogP) is 8.77. The van der Waals surface area contributed by atoms with Crippen molar-refractivity contribution in [3.05, 3.63) is 125 Å². The third-order valence-electron chi connectivity index (χ3n) is 9.46. The van der Waals surface area contributed by atoms with Gasteiger partial charge in [-0.05, 0) is 76.6 Å². The second-order valence-corrected chi connectivity index (χ2v) is 13.8. The van der Waals surface area contributed by atoms with Gasteiger partial charge >= 0.3 is 0 Å². The van der Waals surface area contributed by atoms with Crippen molar-refractivity contribution >= 4 is 29.0 Å². The molecule has 2 aliphatic rings. The van der Waals surface area contributed by atoms with E-state index in [-0.39, 0.29) is 0 Å². The van der Waals surface area contributed by atoms with Gasteiger partial charge in [-0.15, -0.1) is 0 Å². The summed E-state index contributed by atoms with van der Waals surface area (Å²) in [7, 11) is 0. The highest BCUT2D eigenvalue weighted by atomic mass is 16.5. The Bertz CT molecular complexity index is 2280. The van der Waals surface area contributed by atoms with Gasteiger partial charge in [-0.25, -0.2) is 15.0 Å². The second-order valence-electron chi connectivity index (χ2n) is 13.8. The molecule has 2 saturated carbocycles. The summed E-state index contributed by atoms with van der Waals surface area (Å²) in [6.45, 7) is 9.22. The maximum Gasteiger partial charge on any atom is 0.177 e. The minimum Gasteiger partial charge on any atom is -0.382 e. The van der Waals surface area contributed by atoms with E-state index in [0.29, 0.717) is 24.2 Å². The molecule has 2 aliphatic carbocycles. The number of benzene rings is 2. The van der Waals surface area contributed by atoms with E-state index in [2.05, 4.69) is 78.7 Å². The van der Waals surface area contributed by atoms with Crippen LogP contribution in [0.25, 0.3) is 33.4 Å². The summed E-state index contributed by atoms with van der Waals surface area (Å²) in [4.78, 5) is 23.3. The van der Waals surface area contributed by atoms with Crippen molar-refractivity contribution in [1.29, 1.82) is 0 Å². The maximum atomic E-state index is 9.57. The average Bonchev–Trinajstić information content (AvgIpc) is 4.11. The van der Waals surface area contributed by atoms with Crippen LogP contribution in [0.4, 0.5) is 11.5 Å². The summed E-state index contributed by atoms with van der Waals surface area (Å²) in [6.07, 6.45) is 9.37. The van der Waals surface area contributed by atoms with E-state index in [1.807, 2.05) is 58.2 Å². The highest BCUT2D eigenvalue weighted by Crippen LogP contribution is 2.41. The number of nitrogens with zero attached hydrogens (tertiary/aromatic N) is 6. The Hall–Kier alpha value is -6.10. The van der Waals surface area contributed by atoms with E-state index >= 15 is 0 Å². The van der Waals surface area contributed by atoms with Gasteiger partial charge in [-0.2, -0.15) is 0 Å². The number of carbonyl (C=O) groups is 1. The second kappa shape index (κ2) is 15.6. The molecule has 11 heteroatoms. The number of anilines is 2. The fourth-order valence-electron chi connectivity index (χ4n) is 6.31. The number of nitrogen functional groups attached to an aromatic ring is 1. The molecule has 0 spiro atoms. The quantitative estimate of drug-likeness (QED) is 0.139. The number of nitrogens with two attached hydrogens (primary N) is 1. The van der Waals surface area contributed by atoms with Crippen molar-refractivity contribution in [2.45, 2.75) is 72.4 Å². The van der Waals surface area contributed by atoms with Crippen LogP contribution in [0, 0.1) is 33.6 Å². The molecule has 0 aliphatic heterocycles. The Morgan fingerprint density at radius 2 is 1.38 bits per heavy atom. The minimum atomic E-state index is 0.454.